The molecule has 1 aromatic heterocycles. The molecule has 1 aromatic rings. The molecular formula is C18H28N4O3. The zero-order valence-corrected chi connectivity index (χ0v) is 15.2. The van der Waals surface area contributed by atoms with E-state index >= 15 is 0 Å². The Labute approximate surface area is 148 Å². The molecule has 2 aliphatic rings. The molecule has 7 nitrogen and oxygen atoms in total. The van der Waals surface area contributed by atoms with Crippen LogP contribution in [0, 0.1) is 5.92 Å². The van der Waals surface area contributed by atoms with Crippen LogP contribution in [0.3, 0.4) is 0 Å². The molecule has 3 heterocycles. The molecule has 0 unspecified atom stereocenters. The Kier molecular flexibility index (Phi) is 5.42. The lowest BCUT2D eigenvalue weighted by molar-refractivity contribution is -0.165. The number of hydrogen-bond donors (Lipinski definition) is 1. The monoisotopic (exact) mass is 348 g/mol. The van der Waals surface area contributed by atoms with Crippen molar-refractivity contribution < 1.29 is 14.3 Å². The Bertz CT molecular complexity index is 622. The average Bonchev–Trinajstić information content (AvgIpc) is 3.17. The van der Waals surface area contributed by atoms with Crippen molar-refractivity contribution in [2.45, 2.75) is 44.6 Å². The third-order valence-electron chi connectivity index (χ3n) is 5.45. The van der Waals surface area contributed by atoms with Gasteiger partial charge in [-0.1, -0.05) is 13.3 Å². The van der Waals surface area contributed by atoms with Crippen LogP contribution in [0.1, 0.15) is 49.5 Å². The van der Waals surface area contributed by atoms with Crippen LogP contribution >= 0.6 is 0 Å². The van der Waals surface area contributed by atoms with E-state index in [1.54, 1.807) is 24.0 Å². The van der Waals surface area contributed by atoms with Gasteiger partial charge in [-0.25, -0.2) is 0 Å². The fourth-order valence-corrected chi connectivity index (χ4v) is 3.85. The van der Waals surface area contributed by atoms with Crippen molar-refractivity contribution in [3.8, 4) is 0 Å². The fraction of sp³-hybridized carbons (Fsp3) is 0.722. The number of nitrogens with zero attached hydrogens (tertiary/aromatic N) is 3. The maximum Gasteiger partial charge on any atom is 0.269 e. The van der Waals surface area contributed by atoms with Gasteiger partial charge in [-0.15, -0.1) is 0 Å². The molecule has 0 radical (unpaired) electrons. The van der Waals surface area contributed by atoms with E-state index in [0.29, 0.717) is 37.7 Å². The van der Waals surface area contributed by atoms with Gasteiger partial charge in [-0.05, 0) is 31.2 Å². The van der Waals surface area contributed by atoms with Crippen LogP contribution in [0.2, 0.25) is 0 Å². The van der Waals surface area contributed by atoms with Crippen molar-refractivity contribution in [2.75, 3.05) is 26.2 Å². The highest BCUT2D eigenvalue weighted by atomic mass is 16.5. The lowest BCUT2D eigenvalue weighted by Crippen LogP contribution is -2.66. The summed E-state index contributed by atoms with van der Waals surface area (Å²) in [5, 5.41) is 6.98. The number of hydrogen-bond acceptors (Lipinski definition) is 4. The maximum atomic E-state index is 12.1. The van der Waals surface area contributed by atoms with Gasteiger partial charge in [-0.2, -0.15) is 5.10 Å². The molecule has 0 aliphatic carbocycles. The van der Waals surface area contributed by atoms with Crippen LogP contribution in [0.15, 0.2) is 12.3 Å². The third-order valence-corrected chi connectivity index (χ3v) is 5.45. The lowest BCUT2D eigenvalue weighted by atomic mass is 9.78. The predicted molar refractivity (Wildman–Crippen MR) is 93.1 cm³/mol. The highest BCUT2D eigenvalue weighted by Gasteiger charge is 2.53. The number of nitrogens with one attached hydrogen (secondary N) is 1. The summed E-state index contributed by atoms with van der Waals surface area (Å²) in [4.78, 5) is 26.2. The fourth-order valence-electron chi connectivity index (χ4n) is 3.85. The minimum Gasteiger partial charge on any atom is -0.371 e. The summed E-state index contributed by atoms with van der Waals surface area (Å²) in [7, 11) is 1.76. The normalized spacial score (nSPS) is 21.4. The number of carbonyl (C=O) groups excluding carboxylic acids is 2. The van der Waals surface area contributed by atoms with Crippen LogP contribution in [0.4, 0.5) is 0 Å². The maximum absolute atomic E-state index is 12.1. The molecule has 1 atom stereocenters. The van der Waals surface area contributed by atoms with E-state index in [9.17, 15) is 9.59 Å². The topological polar surface area (TPSA) is 76.5 Å². The molecule has 0 aromatic carbocycles. The molecule has 25 heavy (non-hydrogen) atoms. The van der Waals surface area contributed by atoms with E-state index in [-0.39, 0.29) is 17.4 Å². The van der Waals surface area contributed by atoms with Crippen LogP contribution in [-0.4, -0.2) is 58.3 Å². The number of aryl methyl sites for hydroxylation is 1. The number of rotatable bonds is 7. The van der Waals surface area contributed by atoms with E-state index in [2.05, 4.69) is 17.3 Å². The predicted octanol–water partition coefficient (Wildman–Crippen LogP) is 1.35. The van der Waals surface area contributed by atoms with E-state index in [4.69, 9.17) is 4.74 Å². The molecule has 138 valence electrons. The number of carbonyl (C=O) groups is 2. The van der Waals surface area contributed by atoms with Gasteiger partial charge in [0.25, 0.3) is 5.91 Å². The second-order valence-electron chi connectivity index (χ2n) is 7.14. The van der Waals surface area contributed by atoms with E-state index < -0.39 is 0 Å². The summed E-state index contributed by atoms with van der Waals surface area (Å²) in [5.41, 5.74) is 0.382. The number of unbranched alkanes of at least 4 members (excludes halogenated alkanes) is 1. The van der Waals surface area contributed by atoms with Crippen LogP contribution in [0.25, 0.3) is 0 Å². The molecule has 2 saturated heterocycles. The molecule has 2 fully saturated rings. The Morgan fingerprint density at radius 1 is 1.44 bits per heavy atom. The zero-order valence-electron chi connectivity index (χ0n) is 15.2. The van der Waals surface area contributed by atoms with Gasteiger partial charge in [0.05, 0.1) is 13.1 Å². The first kappa shape index (κ1) is 17.9. The summed E-state index contributed by atoms with van der Waals surface area (Å²) in [6.45, 7) is 4.87. The summed E-state index contributed by atoms with van der Waals surface area (Å²) in [5.74, 6) is 0.541. The van der Waals surface area contributed by atoms with Crippen LogP contribution < -0.4 is 5.32 Å². The largest absolute Gasteiger partial charge is 0.371 e. The van der Waals surface area contributed by atoms with Crippen molar-refractivity contribution in [2.24, 2.45) is 13.0 Å². The number of aromatic nitrogens is 2. The van der Waals surface area contributed by atoms with Crippen molar-refractivity contribution in [1.29, 1.82) is 0 Å². The third kappa shape index (κ3) is 3.71. The van der Waals surface area contributed by atoms with Gasteiger partial charge in [0.2, 0.25) is 5.91 Å². The van der Waals surface area contributed by atoms with E-state index in [0.717, 1.165) is 32.3 Å². The van der Waals surface area contributed by atoms with Gasteiger partial charge < -0.3 is 15.0 Å². The minimum atomic E-state index is -0.181. The summed E-state index contributed by atoms with van der Waals surface area (Å²) in [6, 6.07) is 1.71. The Morgan fingerprint density at radius 3 is 2.92 bits per heavy atom. The Morgan fingerprint density at radius 2 is 2.24 bits per heavy atom. The van der Waals surface area contributed by atoms with Crippen molar-refractivity contribution in [3.05, 3.63) is 18.0 Å². The van der Waals surface area contributed by atoms with Gasteiger partial charge in [0.15, 0.2) is 0 Å². The first-order chi connectivity index (χ1) is 12.1. The van der Waals surface area contributed by atoms with Crippen molar-refractivity contribution in [3.63, 3.8) is 0 Å². The van der Waals surface area contributed by atoms with Crippen LogP contribution in [-0.2, 0) is 16.6 Å². The lowest BCUT2D eigenvalue weighted by Gasteiger charge is -2.50. The average molecular weight is 348 g/mol. The summed E-state index contributed by atoms with van der Waals surface area (Å²) in [6.07, 6.45) is 6.12. The molecule has 0 saturated carbocycles. The van der Waals surface area contributed by atoms with Crippen LogP contribution in [0.5, 0.6) is 0 Å². The zero-order chi connectivity index (χ0) is 17.9. The quantitative estimate of drug-likeness (QED) is 0.807. The van der Waals surface area contributed by atoms with Gasteiger partial charge in [0, 0.05) is 32.8 Å². The molecular weight excluding hydrogens is 320 g/mol. The van der Waals surface area contributed by atoms with Gasteiger partial charge >= 0.3 is 0 Å². The standard InChI is InChI=1S/C18H28N4O3/c1-3-4-5-16(23)22-12-18(13-22)14(8-11-25-18)6-9-19-17(24)15-7-10-20-21(15)2/h7,10,14H,3-6,8-9,11-13H2,1-2H3,(H,19,24)/t14-/m0/s1. The summed E-state index contributed by atoms with van der Waals surface area (Å²) < 4.78 is 7.57. The SMILES string of the molecule is CCCCC(=O)N1CC2(C1)OCC[C@@H]2CCNC(=O)c1ccnn1C. The molecule has 2 aliphatic heterocycles. The molecule has 7 heteroatoms. The van der Waals surface area contributed by atoms with Gasteiger partial charge in [0.1, 0.15) is 11.3 Å². The summed E-state index contributed by atoms with van der Waals surface area (Å²) >= 11 is 0. The highest BCUT2D eigenvalue weighted by molar-refractivity contribution is 5.92. The highest BCUT2D eigenvalue weighted by Crippen LogP contribution is 2.41. The van der Waals surface area contributed by atoms with Crippen molar-refractivity contribution >= 4 is 11.8 Å². The number of ether oxygens (including phenoxy) is 1. The Hall–Kier alpha value is -1.89. The second kappa shape index (κ2) is 7.56. The van der Waals surface area contributed by atoms with Crippen molar-refractivity contribution in [1.82, 2.24) is 20.0 Å². The first-order valence-electron chi connectivity index (χ1n) is 9.23. The van der Waals surface area contributed by atoms with E-state index in [1.165, 1.54) is 0 Å². The number of likely N-dealkylation sites (tertiary alicyclic amines) is 1. The first-order valence-corrected chi connectivity index (χ1v) is 9.23. The minimum absolute atomic E-state index is 0.0991. The Balaban J connectivity index is 1.45. The molecule has 3 rings (SSSR count). The smallest absolute Gasteiger partial charge is 0.269 e. The van der Waals surface area contributed by atoms with Gasteiger partial charge in [-0.3, -0.25) is 14.3 Å². The molecule has 2 amide bonds. The number of amides is 2. The van der Waals surface area contributed by atoms with E-state index in [1.807, 2.05) is 4.90 Å². The molecule has 1 spiro atoms. The second-order valence-corrected chi connectivity index (χ2v) is 7.14. The molecule has 1 N–H and O–H groups in total. The molecule has 0 bridgehead atoms.